The third-order valence-electron chi connectivity index (χ3n) is 4.25. The van der Waals surface area contributed by atoms with Crippen LogP contribution in [0.5, 0.6) is 0 Å². The predicted octanol–water partition coefficient (Wildman–Crippen LogP) is 4.03. The Morgan fingerprint density at radius 2 is 1.79 bits per heavy atom. The molecule has 0 aliphatic carbocycles. The number of hydrogen-bond acceptors (Lipinski definition) is 3. The summed E-state index contributed by atoms with van der Waals surface area (Å²) in [6.07, 6.45) is 5.81. The number of fused-ring (bicyclic) bond motifs is 1. The minimum atomic E-state index is 0.838. The summed E-state index contributed by atoms with van der Waals surface area (Å²) in [5, 5.41) is 8.74. The Labute approximate surface area is 140 Å². The van der Waals surface area contributed by atoms with Gasteiger partial charge in [-0.1, -0.05) is 17.7 Å². The van der Waals surface area contributed by atoms with E-state index in [-0.39, 0.29) is 0 Å². The molecule has 5 heteroatoms. The molecule has 0 fully saturated rings. The third kappa shape index (κ3) is 2.54. The van der Waals surface area contributed by atoms with E-state index in [0.717, 1.165) is 33.7 Å². The average molecular weight is 317 g/mol. The molecular weight excluding hydrogens is 298 g/mol. The molecule has 0 aliphatic heterocycles. The van der Waals surface area contributed by atoms with E-state index in [1.807, 2.05) is 30.3 Å². The van der Waals surface area contributed by atoms with Crippen LogP contribution in [0.2, 0.25) is 0 Å². The van der Waals surface area contributed by atoms with Gasteiger partial charge in [0.25, 0.3) is 0 Å². The summed E-state index contributed by atoms with van der Waals surface area (Å²) in [7, 11) is 4.00. The van der Waals surface area contributed by atoms with Crippen molar-refractivity contribution in [2.45, 2.75) is 6.92 Å². The van der Waals surface area contributed by atoms with Gasteiger partial charge in [-0.15, -0.1) is 0 Å². The second-order valence-electron chi connectivity index (χ2n) is 6.11. The minimum absolute atomic E-state index is 0.838. The van der Waals surface area contributed by atoms with Crippen LogP contribution < -0.4 is 5.32 Å². The van der Waals surface area contributed by atoms with Gasteiger partial charge in [0.2, 0.25) is 0 Å². The first-order chi connectivity index (χ1) is 11.6. The van der Waals surface area contributed by atoms with Gasteiger partial charge in [-0.25, -0.2) is 4.98 Å². The van der Waals surface area contributed by atoms with Crippen molar-refractivity contribution in [1.82, 2.24) is 19.3 Å². The summed E-state index contributed by atoms with van der Waals surface area (Å²) in [4.78, 5) is 4.53. The van der Waals surface area contributed by atoms with Crippen molar-refractivity contribution in [3.8, 4) is 11.3 Å². The van der Waals surface area contributed by atoms with Crippen LogP contribution in [0.25, 0.3) is 22.2 Å². The van der Waals surface area contributed by atoms with Crippen LogP contribution in [0.15, 0.2) is 55.0 Å². The van der Waals surface area contributed by atoms with Crippen molar-refractivity contribution in [2.75, 3.05) is 5.32 Å². The van der Waals surface area contributed by atoms with Gasteiger partial charge in [-0.2, -0.15) is 5.10 Å². The lowest BCUT2D eigenvalue weighted by atomic mass is 10.2. The number of nitrogens with one attached hydrogen (secondary N) is 1. The largest absolute Gasteiger partial charge is 0.343 e. The number of anilines is 2. The van der Waals surface area contributed by atoms with Gasteiger partial charge in [0.15, 0.2) is 0 Å². The Hall–Kier alpha value is -3.08. The molecule has 0 radical (unpaired) electrons. The SMILES string of the molecule is Cc1ccc(Nc2cc3c(cn2)cc(-c2cnn(C)c2)n3C)cc1. The van der Waals surface area contributed by atoms with E-state index in [9.17, 15) is 0 Å². The molecule has 0 bridgehead atoms. The Kier molecular flexibility index (Phi) is 3.34. The highest BCUT2D eigenvalue weighted by atomic mass is 15.2. The van der Waals surface area contributed by atoms with Gasteiger partial charge >= 0.3 is 0 Å². The molecule has 0 unspecified atom stereocenters. The van der Waals surface area contributed by atoms with E-state index in [2.05, 4.69) is 70.3 Å². The molecule has 1 aromatic carbocycles. The molecule has 3 heterocycles. The molecule has 0 saturated heterocycles. The topological polar surface area (TPSA) is 47.7 Å². The van der Waals surface area contributed by atoms with Gasteiger partial charge in [0.1, 0.15) is 5.82 Å². The number of benzene rings is 1. The average Bonchev–Trinajstić information content (AvgIpc) is 3.14. The highest BCUT2D eigenvalue weighted by Gasteiger charge is 2.10. The smallest absolute Gasteiger partial charge is 0.132 e. The van der Waals surface area contributed by atoms with Crippen LogP contribution in [0.1, 0.15) is 5.56 Å². The Morgan fingerprint density at radius 3 is 2.50 bits per heavy atom. The van der Waals surface area contributed by atoms with Crippen LogP contribution in [-0.2, 0) is 14.1 Å². The third-order valence-corrected chi connectivity index (χ3v) is 4.25. The molecule has 5 nitrogen and oxygen atoms in total. The molecule has 4 rings (SSSR count). The van der Waals surface area contributed by atoms with Gasteiger partial charge in [0.05, 0.1) is 17.4 Å². The van der Waals surface area contributed by atoms with E-state index >= 15 is 0 Å². The van der Waals surface area contributed by atoms with Crippen molar-refractivity contribution < 1.29 is 0 Å². The van der Waals surface area contributed by atoms with Crippen LogP contribution >= 0.6 is 0 Å². The predicted molar refractivity (Wildman–Crippen MR) is 97.4 cm³/mol. The monoisotopic (exact) mass is 317 g/mol. The van der Waals surface area contributed by atoms with Gasteiger partial charge in [0, 0.05) is 49.2 Å². The van der Waals surface area contributed by atoms with Crippen molar-refractivity contribution in [1.29, 1.82) is 0 Å². The fourth-order valence-corrected chi connectivity index (χ4v) is 2.91. The fraction of sp³-hybridized carbons (Fsp3) is 0.158. The summed E-state index contributed by atoms with van der Waals surface area (Å²) < 4.78 is 3.99. The Balaban J connectivity index is 1.72. The number of aryl methyl sites for hydroxylation is 3. The van der Waals surface area contributed by atoms with Gasteiger partial charge in [-0.05, 0) is 25.1 Å². The van der Waals surface area contributed by atoms with Gasteiger partial charge < -0.3 is 9.88 Å². The quantitative estimate of drug-likeness (QED) is 0.620. The van der Waals surface area contributed by atoms with Crippen LogP contribution in [0.4, 0.5) is 11.5 Å². The van der Waals surface area contributed by atoms with Crippen LogP contribution in [0.3, 0.4) is 0 Å². The molecular formula is C19H19N5. The summed E-state index contributed by atoms with van der Waals surface area (Å²) in [6, 6.07) is 12.5. The first-order valence-electron chi connectivity index (χ1n) is 7.88. The molecule has 0 aliphatic rings. The molecule has 0 atom stereocenters. The number of hydrogen-bond donors (Lipinski definition) is 1. The van der Waals surface area contributed by atoms with Gasteiger partial charge in [-0.3, -0.25) is 4.68 Å². The zero-order valence-electron chi connectivity index (χ0n) is 14.0. The van der Waals surface area contributed by atoms with E-state index in [1.54, 1.807) is 0 Å². The maximum absolute atomic E-state index is 4.53. The Morgan fingerprint density at radius 1 is 1.00 bits per heavy atom. The summed E-state index contributed by atoms with van der Waals surface area (Å²) >= 11 is 0. The lowest BCUT2D eigenvalue weighted by molar-refractivity contribution is 0.768. The van der Waals surface area contributed by atoms with Crippen LogP contribution in [0, 0.1) is 6.92 Å². The van der Waals surface area contributed by atoms with Crippen molar-refractivity contribution in [3.63, 3.8) is 0 Å². The maximum Gasteiger partial charge on any atom is 0.132 e. The zero-order valence-corrected chi connectivity index (χ0v) is 14.0. The normalized spacial score (nSPS) is 11.1. The lowest BCUT2D eigenvalue weighted by Crippen LogP contribution is -1.95. The Bertz CT molecular complexity index is 1010. The highest BCUT2D eigenvalue weighted by Crippen LogP contribution is 2.28. The molecule has 24 heavy (non-hydrogen) atoms. The number of rotatable bonds is 3. The van der Waals surface area contributed by atoms with Crippen molar-refractivity contribution >= 4 is 22.4 Å². The number of nitrogens with zero attached hydrogens (tertiary/aromatic N) is 4. The molecule has 0 saturated carbocycles. The molecule has 4 aromatic rings. The second-order valence-corrected chi connectivity index (χ2v) is 6.11. The van der Waals surface area contributed by atoms with Crippen molar-refractivity contribution in [2.24, 2.45) is 14.1 Å². The highest BCUT2D eigenvalue weighted by molar-refractivity contribution is 5.88. The maximum atomic E-state index is 4.53. The second kappa shape index (κ2) is 5.53. The lowest BCUT2D eigenvalue weighted by Gasteiger charge is -2.07. The van der Waals surface area contributed by atoms with E-state index < -0.39 is 0 Å². The summed E-state index contributed by atoms with van der Waals surface area (Å²) in [6.45, 7) is 2.08. The van der Waals surface area contributed by atoms with E-state index in [4.69, 9.17) is 0 Å². The fourth-order valence-electron chi connectivity index (χ4n) is 2.91. The standard InChI is InChI=1S/C19H19N5/c1-13-4-6-16(7-5-13)22-19-9-18-14(10-20-19)8-17(24(18)3)15-11-21-23(2)12-15/h4-12H,1-3H3,(H,20,22). The first-order valence-corrected chi connectivity index (χ1v) is 7.88. The molecule has 1 N–H and O–H groups in total. The first kappa shape index (κ1) is 14.5. The number of pyridine rings is 1. The van der Waals surface area contributed by atoms with E-state index in [0.29, 0.717) is 0 Å². The number of aromatic nitrogens is 4. The molecule has 0 amide bonds. The molecule has 0 spiro atoms. The minimum Gasteiger partial charge on any atom is -0.343 e. The van der Waals surface area contributed by atoms with E-state index in [1.165, 1.54) is 5.56 Å². The molecule has 120 valence electrons. The zero-order chi connectivity index (χ0) is 16.7. The van der Waals surface area contributed by atoms with Crippen molar-refractivity contribution in [3.05, 3.63) is 60.6 Å². The van der Waals surface area contributed by atoms with Crippen LogP contribution in [-0.4, -0.2) is 19.3 Å². The summed E-state index contributed by atoms with van der Waals surface area (Å²) in [5.74, 6) is 0.838. The molecule has 3 aromatic heterocycles. The summed E-state index contributed by atoms with van der Waals surface area (Å²) in [5.41, 5.74) is 5.65.